The predicted molar refractivity (Wildman–Crippen MR) is 79.5 cm³/mol. The zero-order valence-corrected chi connectivity index (χ0v) is 12.4. The van der Waals surface area contributed by atoms with Crippen LogP contribution in [0.4, 0.5) is 0 Å². The van der Waals surface area contributed by atoms with Crippen molar-refractivity contribution in [3.05, 3.63) is 48.0 Å². The summed E-state index contributed by atoms with van der Waals surface area (Å²) in [5.74, 6) is 2.04. The summed E-state index contributed by atoms with van der Waals surface area (Å²) in [5, 5.41) is 10.8. The fraction of sp³-hybridized carbons (Fsp3) is 0.312. The summed E-state index contributed by atoms with van der Waals surface area (Å²) in [5.41, 5.74) is 1.55. The average molecular weight is 296 g/mol. The van der Waals surface area contributed by atoms with Crippen molar-refractivity contribution < 1.29 is 9.26 Å². The Bertz CT molecular complexity index is 792. The van der Waals surface area contributed by atoms with E-state index in [2.05, 4.69) is 40.3 Å². The number of aromatic amines is 1. The Labute approximate surface area is 127 Å². The SMILES string of the molecule is CC1(C)CC(c2nc(-c3ccn[nH]3)no2)c2ccccc2O1. The van der Waals surface area contributed by atoms with E-state index in [9.17, 15) is 0 Å². The molecule has 0 saturated carbocycles. The molecule has 2 aromatic heterocycles. The summed E-state index contributed by atoms with van der Waals surface area (Å²) >= 11 is 0. The molecule has 1 aliphatic heterocycles. The average Bonchev–Trinajstić information content (AvgIpc) is 3.16. The van der Waals surface area contributed by atoms with Crippen LogP contribution in [0.3, 0.4) is 0 Å². The molecule has 4 rings (SSSR count). The molecule has 0 spiro atoms. The zero-order valence-electron chi connectivity index (χ0n) is 12.4. The van der Waals surface area contributed by atoms with E-state index < -0.39 is 0 Å². The minimum Gasteiger partial charge on any atom is -0.488 e. The highest BCUT2D eigenvalue weighted by molar-refractivity contribution is 5.48. The number of fused-ring (bicyclic) bond motifs is 1. The van der Waals surface area contributed by atoms with Crippen molar-refractivity contribution in [3.63, 3.8) is 0 Å². The molecular formula is C16H16N4O2. The third kappa shape index (κ3) is 2.16. The summed E-state index contributed by atoms with van der Waals surface area (Å²) < 4.78 is 11.6. The van der Waals surface area contributed by atoms with Crippen LogP contribution in [0.1, 0.15) is 37.6 Å². The predicted octanol–water partition coefficient (Wildman–Crippen LogP) is 3.15. The lowest BCUT2D eigenvalue weighted by molar-refractivity contribution is 0.0725. The number of hydrogen-bond acceptors (Lipinski definition) is 5. The number of H-pyrrole nitrogens is 1. The van der Waals surface area contributed by atoms with Gasteiger partial charge in [-0.25, -0.2) is 0 Å². The van der Waals surface area contributed by atoms with E-state index in [0.29, 0.717) is 11.7 Å². The molecule has 1 aromatic carbocycles. The van der Waals surface area contributed by atoms with Crippen molar-refractivity contribution in [1.82, 2.24) is 20.3 Å². The normalized spacial score (nSPS) is 19.5. The standard InChI is InChI=1S/C16H16N4O2/c1-16(2)9-11(10-5-3-4-6-13(10)21-16)15-18-14(20-22-15)12-7-8-17-19-12/h3-8,11H,9H2,1-2H3,(H,17,19). The second-order valence-electron chi connectivity index (χ2n) is 6.08. The Kier molecular flexibility index (Phi) is 2.79. The van der Waals surface area contributed by atoms with Gasteiger partial charge in [0.15, 0.2) is 0 Å². The molecule has 0 amide bonds. The molecule has 1 aliphatic rings. The van der Waals surface area contributed by atoms with Gasteiger partial charge in [-0.3, -0.25) is 5.10 Å². The van der Waals surface area contributed by atoms with E-state index in [1.165, 1.54) is 0 Å². The summed E-state index contributed by atoms with van der Waals surface area (Å²) in [6, 6.07) is 9.82. The molecule has 1 atom stereocenters. The maximum atomic E-state index is 6.04. The Balaban J connectivity index is 1.76. The molecule has 0 saturated heterocycles. The lowest BCUT2D eigenvalue weighted by atomic mass is 9.84. The Morgan fingerprint density at radius 3 is 2.91 bits per heavy atom. The largest absolute Gasteiger partial charge is 0.488 e. The summed E-state index contributed by atoms with van der Waals surface area (Å²) in [7, 11) is 0. The fourth-order valence-electron chi connectivity index (χ4n) is 2.89. The van der Waals surface area contributed by atoms with Crippen molar-refractivity contribution in [1.29, 1.82) is 0 Å². The third-order valence-corrected chi connectivity index (χ3v) is 3.86. The van der Waals surface area contributed by atoms with Crippen molar-refractivity contribution in [2.24, 2.45) is 0 Å². The van der Waals surface area contributed by atoms with Gasteiger partial charge in [0.25, 0.3) is 0 Å². The molecule has 3 heterocycles. The molecule has 0 fully saturated rings. The number of rotatable bonds is 2. The van der Waals surface area contributed by atoms with E-state index in [-0.39, 0.29) is 11.5 Å². The Hall–Kier alpha value is -2.63. The van der Waals surface area contributed by atoms with Gasteiger partial charge in [0, 0.05) is 18.2 Å². The molecular weight excluding hydrogens is 280 g/mol. The van der Waals surface area contributed by atoms with Crippen LogP contribution in [-0.2, 0) is 0 Å². The fourth-order valence-corrected chi connectivity index (χ4v) is 2.89. The number of para-hydroxylation sites is 1. The van der Waals surface area contributed by atoms with Crippen molar-refractivity contribution >= 4 is 0 Å². The first kappa shape index (κ1) is 13.1. The van der Waals surface area contributed by atoms with Gasteiger partial charge in [-0.1, -0.05) is 23.4 Å². The second-order valence-corrected chi connectivity index (χ2v) is 6.08. The molecule has 0 aliphatic carbocycles. The molecule has 22 heavy (non-hydrogen) atoms. The van der Waals surface area contributed by atoms with E-state index in [0.717, 1.165) is 23.4 Å². The van der Waals surface area contributed by atoms with E-state index in [4.69, 9.17) is 9.26 Å². The maximum Gasteiger partial charge on any atom is 0.234 e. The Morgan fingerprint density at radius 2 is 2.09 bits per heavy atom. The molecule has 0 radical (unpaired) electrons. The molecule has 6 nitrogen and oxygen atoms in total. The van der Waals surface area contributed by atoms with Crippen LogP contribution in [0.25, 0.3) is 11.5 Å². The van der Waals surface area contributed by atoms with Crippen molar-refractivity contribution in [3.8, 4) is 17.3 Å². The minimum absolute atomic E-state index is 0.0316. The quantitative estimate of drug-likeness (QED) is 0.786. The molecule has 6 heteroatoms. The van der Waals surface area contributed by atoms with Gasteiger partial charge in [0.1, 0.15) is 17.0 Å². The van der Waals surface area contributed by atoms with E-state index in [1.54, 1.807) is 6.20 Å². The smallest absolute Gasteiger partial charge is 0.234 e. The minimum atomic E-state index is -0.276. The number of aromatic nitrogens is 4. The van der Waals surface area contributed by atoms with Gasteiger partial charge in [0.2, 0.25) is 11.7 Å². The number of nitrogens with zero attached hydrogens (tertiary/aromatic N) is 3. The Morgan fingerprint density at radius 1 is 1.23 bits per heavy atom. The maximum absolute atomic E-state index is 6.04. The highest BCUT2D eigenvalue weighted by Crippen LogP contribution is 2.43. The highest BCUT2D eigenvalue weighted by atomic mass is 16.5. The summed E-state index contributed by atoms with van der Waals surface area (Å²) in [4.78, 5) is 4.54. The van der Waals surface area contributed by atoms with Gasteiger partial charge in [0.05, 0.1) is 5.92 Å². The molecule has 0 bridgehead atoms. The monoisotopic (exact) mass is 296 g/mol. The number of hydrogen-bond donors (Lipinski definition) is 1. The highest BCUT2D eigenvalue weighted by Gasteiger charge is 2.37. The van der Waals surface area contributed by atoms with Gasteiger partial charge in [-0.15, -0.1) is 0 Å². The second kappa shape index (κ2) is 4.69. The molecule has 112 valence electrons. The molecule has 3 aromatic rings. The molecule has 1 N–H and O–H groups in total. The van der Waals surface area contributed by atoms with Gasteiger partial charge >= 0.3 is 0 Å². The lowest BCUT2D eigenvalue weighted by Crippen LogP contribution is -2.35. The van der Waals surface area contributed by atoms with Crippen LogP contribution in [0.2, 0.25) is 0 Å². The first-order valence-corrected chi connectivity index (χ1v) is 7.24. The first-order valence-electron chi connectivity index (χ1n) is 7.24. The van der Waals surface area contributed by atoms with E-state index in [1.807, 2.05) is 24.3 Å². The van der Waals surface area contributed by atoms with Crippen molar-refractivity contribution in [2.45, 2.75) is 31.8 Å². The van der Waals surface area contributed by atoms with Crippen LogP contribution in [0, 0.1) is 0 Å². The topological polar surface area (TPSA) is 76.8 Å². The summed E-state index contributed by atoms with van der Waals surface area (Å²) in [6.45, 7) is 4.14. The van der Waals surface area contributed by atoms with Gasteiger partial charge in [-0.2, -0.15) is 10.1 Å². The van der Waals surface area contributed by atoms with Crippen LogP contribution in [-0.4, -0.2) is 25.9 Å². The first-order chi connectivity index (χ1) is 10.6. The van der Waals surface area contributed by atoms with Crippen molar-refractivity contribution in [2.75, 3.05) is 0 Å². The van der Waals surface area contributed by atoms with Gasteiger partial charge in [-0.05, 0) is 26.0 Å². The molecule has 1 unspecified atom stereocenters. The van der Waals surface area contributed by atoms with Gasteiger partial charge < -0.3 is 9.26 Å². The van der Waals surface area contributed by atoms with Crippen LogP contribution < -0.4 is 4.74 Å². The number of nitrogens with one attached hydrogen (secondary N) is 1. The zero-order chi connectivity index (χ0) is 15.2. The van der Waals surface area contributed by atoms with Crippen LogP contribution in [0.15, 0.2) is 41.1 Å². The third-order valence-electron chi connectivity index (χ3n) is 3.86. The van der Waals surface area contributed by atoms with Crippen LogP contribution >= 0.6 is 0 Å². The van der Waals surface area contributed by atoms with Crippen LogP contribution in [0.5, 0.6) is 5.75 Å². The number of benzene rings is 1. The number of ether oxygens (including phenoxy) is 1. The lowest BCUT2D eigenvalue weighted by Gasteiger charge is -2.36. The van der Waals surface area contributed by atoms with E-state index >= 15 is 0 Å². The summed E-state index contributed by atoms with van der Waals surface area (Å²) in [6.07, 6.45) is 2.45.